The van der Waals surface area contributed by atoms with Gasteiger partial charge >= 0.3 is 39.5 Å². The Labute approximate surface area is 594 Å². The molecule has 5 atom stereocenters. The quantitative estimate of drug-likeness (QED) is 0.0222. The number of ether oxygens (including phenoxy) is 4. The first-order valence-corrected chi connectivity index (χ1v) is 43.5. The second kappa shape index (κ2) is 69.8. The standard InChI is InChI=1S/C78H152O17P2/c1-7-9-11-13-14-15-16-17-18-19-20-24-27-33-38-43-49-55-61-76(81)89-67-74(95-78(83)63-56-50-44-39-34-28-25-22-21-23-26-31-36-41-47-52-58-70(3)4)69-93-97(86,87)91-65-72(79)64-90-96(84,85)92-68-73(66-88-75(80)60-54-46-12-10-8-2)94-77(82)62-57-51-45-40-35-30-29-32-37-42-48-53-59-71(5)6/h70-74,79H,7-69H2,1-6H3,(H,84,85)(H,86,87)/t72-,73+,74+/m0/s1. The van der Waals surface area contributed by atoms with Crippen molar-refractivity contribution in [1.29, 1.82) is 0 Å². The van der Waals surface area contributed by atoms with E-state index in [1.54, 1.807) is 0 Å². The molecule has 0 fully saturated rings. The van der Waals surface area contributed by atoms with Crippen LogP contribution in [0.25, 0.3) is 0 Å². The monoisotopic (exact) mass is 1420 g/mol. The predicted molar refractivity (Wildman–Crippen MR) is 395 cm³/mol. The second-order valence-electron chi connectivity index (χ2n) is 29.1. The molecule has 0 aromatic rings. The maximum absolute atomic E-state index is 13.1. The van der Waals surface area contributed by atoms with Crippen molar-refractivity contribution in [2.75, 3.05) is 39.6 Å². The van der Waals surface area contributed by atoms with E-state index in [-0.39, 0.29) is 25.7 Å². The number of unbranched alkanes of at least 4 members (excludes halogenated alkanes) is 47. The van der Waals surface area contributed by atoms with Gasteiger partial charge in [0.2, 0.25) is 0 Å². The highest BCUT2D eigenvalue weighted by molar-refractivity contribution is 7.47. The Kier molecular flexibility index (Phi) is 68.4. The van der Waals surface area contributed by atoms with Gasteiger partial charge in [0.25, 0.3) is 0 Å². The molecule has 576 valence electrons. The fourth-order valence-corrected chi connectivity index (χ4v) is 13.6. The molecule has 0 saturated heterocycles. The minimum atomic E-state index is -4.96. The molecule has 19 heteroatoms. The zero-order chi connectivity index (χ0) is 71.4. The Balaban J connectivity index is 5.13. The summed E-state index contributed by atoms with van der Waals surface area (Å²) in [6, 6.07) is 0. The summed E-state index contributed by atoms with van der Waals surface area (Å²) in [4.78, 5) is 72.6. The molecule has 0 amide bonds. The smallest absolute Gasteiger partial charge is 0.462 e. The highest BCUT2D eigenvalue weighted by Gasteiger charge is 2.30. The van der Waals surface area contributed by atoms with Crippen LogP contribution in [0.3, 0.4) is 0 Å². The van der Waals surface area contributed by atoms with Gasteiger partial charge < -0.3 is 33.8 Å². The van der Waals surface area contributed by atoms with Crippen LogP contribution in [0.4, 0.5) is 0 Å². The molecule has 97 heavy (non-hydrogen) atoms. The molecule has 17 nitrogen and oxygen atoms in total. The molecule has 2 unspecified atom stereocenters. The van der Waals surface area contributed by atoms with Crippen LogP contribution in [-0.4, -0.2) is 96.7 Å². The van der Waals surface area contributed by atoms with E-state index in [1.165, 1.54) is 218 Å². The van der Waals surface area contributed by atoms with Crippen molar-refractivity contribution in [3.8, 4) is 0 Å². The molecule has 0 aromatic carbocycles. The van der Waals surface area contributed by atoms with E-state index in [0.717, 1.165) is 108 Å². The predicted octanol–water partition coefficient (Wildman–Crippen LogP) is 23.1. The third kappa shape index (κ3) is 72.2. The van der Waals surface area contributed by atoms with E-state index in [4.69, 9.17) is 37.0 Å². The topological polar surface area (TPSA) is 237 Å². The van der Waals surface area contributed by atoms with Gasteiger partial charge in [0, 0.05) is 25.7 Å². The van der Waals surface area contributed by atoms with Gasteiger partial charge in [-0.1, -0.05) is 356 Å². The lowest BCUT2D eigenvalue weighted by atomic mass is 10.0. The number of phosphoric acid groups is 2. The maximum Gasteiger partial charge on any atom is 0.472 e. The van der Waals surface area contributed by atoms with Crippen LogP contribution < -0.4 is 0 Å². The van der Waals surface area contributed by atoms with E-state index < -0.39 is 97.5 Å². The Morgan fingerprint density at radius 3 is 0.701 bits per heavy atom. The van der Waals surface area contributed by atoms with Crippen molar-refractivity contribution in [1.82, 2.24) is 0 Å². The van der Waals surface area contributed by atoms with Crippen LogP contribution in [0.1, 0.15) is 408 Å². The number of carbonyl (C=O) groups excluding carboxylic acids is 4. The van der Waals surface area contributed by atoms with Crippen molar-refractivity contribution in [3.05, 3.63) is 0 Å². The van der Waals surface area contributed by atoms with Crippen molar-refractivity contribution < 1.29 is 80.2 Å². The summed E-state index contributed by atoms with van der Waals surface area (Å²) in [6.07, 6.45) is 58.7. The summed E-state index contributed by atoms with van der Waals surface area (Å²) in [6.45, 7) is 9.56. The number of esters is 4. The minimum Gasteiger partial charge on any atom is -0.462 e. The normalized spacial score (nSPS) is 14.0. The zero-order valence-corrected chi connectivity index (χ0v) is 65.2. The Hall–Kier alpha value is -1.94. The summed E-state index contributed by atoms with van der Waals surface area (Å²) in [7, 11) is -9.90. The Morgan fingerprint density at radius 2 is 0.474 bits per heavy atom. The van der Waals surface area contributed by atoms with Crippen molar-refractivity contribution >= 4 is 39.5 Å². The van der Waals surface area contributed by atoms with Crippen LogP contribution in [0.15, 0.2) is 0 Å². The van der Waals surface area contributed by atoms with E-state index in [1.807, 2.05) is 0 Å². The van der Waals surface area contributed by atoms with E-state index in [0.29, 0.717) is 25.7 Å². The summed E-state index contributed by atoms with van der Waals surface area (Å²) in [5.74, 6) is -0.537. The summed E-state index contributed by atoms with van der Waals surface area (Å²) in [5, 5.41) is 10.6. The lowest BCUT2D eigenvalue weighted by Crippen LogP contribution is -2.30. The zero-order valence-electron chi connectivity index (χ0n) is 63.4. The number of aliphatic hydroxyl groups excluding tert-OH is 1. The lowest BCUT2D eigenvalue weighted by molar-refractivity contribution is -0.161. The van der Waals surface area contributed by atoms with Crippen LogP contribution in [-0.2, 0) is 65.4 Å². The lowest BCUT2D eigenvalue weighted by Gasteiger charge is -2.21. The first-order valence-electron chi connectivity index (χ1n) is 40.5. The molecule has 3 N–H and O–H groups in total. The van der Waals surface area contributed by atoms with Gasteiger partial charge in [-0.2, -0.15) is 0 Å². The number of rotatable bonds is 77. The highest BCUT2D eigenvalue weighted by Crippen LogP contribution is 2.45. The molecule has 0 saturated carbocycles. The van der Waals surface area contributed by atoms with Gasteiger partial charge in [-0.05, 0) is 37.5 Å². The largest absolute Gasteiger partial charge is 0.472 e. The van der Waals surface area contributed by atoms with Crippen molar-refractivity contribution in [2.24, 2.45) is 11.8 Å². The molecule has 0 aromatic heterocycles. The number of phosphoric ester groups is 2. The minimum absolute atomic E-state index is 0.106. The van der Waals surface area contributed by atoms with Gasteiger partial charge in [0.1, 0.15) is 19.3 Å². The molecule has 0 aliphatic rings. The molecule has 0 bridgehead atoms. The SMILES string of the molecule is CCCCCCCCCCCCCCCCCCCCC(=O)OC[C@H](COP(=O)(O)OC[C@@H](O)COP(=O)(O)OC[C@@H](COC(=O)CCCCCCC)OC(=O)CCCCCCCCCCCCCCC(C)C)OC(=O)CCCCCCCCCCCCCCCCCCC(C)C. The molecular formula is C78H152O17P2. The maximum atomic E-state index is 13.1. The molecule has 0 radical (unpaired) electrons. The third-order valence-electron chi connectivity index (χ3n) is 18.2. The Bertz CT molecular complexity index is 1870. The average molecular weight is 1420 g/mol. The third-order valence-corrected chi connectivity index (χ3v) is 20.1. The fourth-order valence-electron chi connectivity index (χ4n) is 12.0. The van der Waals surface area contributed by atoms with Crippen molar-refractivity contribution in [3.63, 3.8) is 0 Å². The summed E-state index contributed by atoms with van der Waals surface area (Å²) < 4.78 is 68.4. The van der Waals surface area contributed by atoms with Gasteiger partial charge in [0.05, 0.1) is 26.4 Å². The molecule has 0 aliphatic carbocycles. The van der Waals surface area contributed by atoms with Gasteiger partial charge in [-0.25, -0.2) is 9.13 Å². The van der Waals surface area contributed by atoms with Gasteiger partial charge in [0.15, 0.2) is 12.2 Å². The highest BCUT2D eigenvalue weighted by atomic mass is 31.2. The van der Waals surface area contributed by atoms with Crippen LogP contribution in [0.5, 0.6) is 0 Å². The molecule has 0 spiro atoms. The Morgan fingerprint density at radius 1 is 0.278 bits per heavy atom. The van der Waals surface area contributed by atoms with Gasteiger partial charge in [-0.15, -0.1) is 0 Å². The van der Waals surface area contributed by atoms with Crippen LogP contribution in [0, 0.1) is 11.8 Å². The van der Waals surface area contributed by atoms with E-state index in [2.05, 4.69) is 41.5 Å². The summed E-state index contributed by atoms with van der Waals surface area (Å²) in [5.41, 5.74) is 0. The molecule has 0 heterocycles. The van der Waals surface area contributed by atoms with Gasteiger partial charge in [-0.3, -0.25) is 37.3 Å². The number of hydrogen-bond acceptors (Lipinski definition) is 15. The molecular weight excluding hydrogens is 1270 g/mol. The molecule has 0 aliphatic heterocycles. The van der Waals surface area contributed by atoms with Crippen LogP contribution >= 0.6 is 15.6 Å². The first-order chi connectivity index (χ1) is 46.9. The first kappa shape index (κ1) is 95.1. The molecule has 0 rings (SSSR count). The van der Waals surface area contributed by atoms with Crippen molar-refractivity contribution in [2.45, 2.75) is 426 Å². The van der Waals surface area contributed by atoms with E-state index in [9.17, 15) is 43.2 Å². The fraction of sp³-hybridized carbons (Fsp3) is 0.949. The van der Waals surface area contributed by atoms with Crippen LogP contribution in [0.2, 0.25) is 0 Å². The average Bonchev–Trinajstić information content (AvgIpc) is 2.02. The number of aliphatic hydroxyl groups is 1. The second-order valence-corrected chi connectivity index (χ2v) is 32.0. The van der Waals surface area contributed by atoms with E-state index >= 15 is 0 Å². The summed E-state index contributed by atoms with van der Waals surface area (Å²) >= 11 is 0. The number of hydrogen-bond donors (Lipinski definition) is 3. The number of carbonyl (C=O) groups is 4.